The molecule has 0 radical (unpaired) electrons. The van der Waals surface area contributed by atoms with Gasteiger partial charge in [0.25, 0.3) is 0 Å². The van der Waals surface area contributed by atoms with Crippen molar-refractivity contribution in [2.45, 2.75) is 32.0 Å². The van der Waals surface area contributed by atoms with E-state index < -0.39 is 36.5 Å². The summed E-state index contributed by atoms with van der Waals surface area (Å²) in [4.78, 5) is 14.2. The molecule has 1 aliphatic heterocycles. The summed E-state index contributed by atoms with van der Waals surface area (Å²) >= 11 is 0. The van der Waals surface area contributed by atoms with Crippen molar-refractivity contribution in [2.24, 2.45) is 0 Å². The van der Waals surface area contributed by atoms with Gasteiger partial charge >= 0.3 is 12.2 Å². The zero-order chi connectivity index (χ0) is 24.5. The third kappa shape index (κ3) is 5.39. The largest absolute Gasteiger partial charge is 0.401 e. The van der Waals surface area contributed by atoms with Gasteiger partial charge in [0, 0.05) is 24.6 Å². The van der Waals surface area contributed by atoms with Crippen LogP contribution in [0.25, 0.3) is 5.69 Å². The lowest BCUT2D eigenvalue weighted by Crippen LogP contribution is -2.43. The molecule has 1 fully saturated rings. The SMILES string of the molecule is Cc1nn(-c2ccccc2)c(NC(=O)NC2CN(CC(F)(F)F)CC2c2cccc(F)c2)c1C. The van der Waals surface area contributed by atoms with E-state index in [-0.39, 0.29) is 13.1 Å². The molecule has 2 amide bonds. The predicted octanol–water partition coefficient (Wildman–Crippen LogP) is 4.78. The second kappa shape index (κ2) is 9.46. The highest BCUT2D eigenvalue weighted by molar-refractivity contribution is 5.90. The Morgan fingerprint density at radius 2 is 1.82 bits per heavy atom. The number of nitrogens with zero attached hydrogens (tertiary/aromatic N) is 3. The predicted molar refractivity (Wildman–Crippen MR) is 121 cm³/mol. The Labute approximate surface area is 194 Å². The molecule has 0 spiro atoms. The minimum Gasteiger partial charge on any atom is -0.333 e. The molecule has 2 unspecified atom stereocenters. The quantitative estimate of drug-likeness (QED) is 0.522. The number of likely N-dealkylation sites (tertiary alicyclic amines) is 1. The molecule has 2 aromatic carbocycles. The van der Waals surface area contributed by atoms with Crippen LogP contribution in [0.15, 0.2) is 54.6 Å². The Kier molecular flexibility index (Phi) is 6.60. The van der Waals surface area contributed by atoms with Gasteiger partial charge in [-0.1, -0.05) is 30.3 Å². The third-order valence-electron chi connectivity index (χ3n) is 5.98. The van der Waals surface area contributed by atoms with Gasteiger partial charge in [0.15, 0.2) is 0 Å². The van der Waals surface area contributed by atoms with Crippen molar-refractivity contribution >= 4 is 11.8 Å². The Bertz CT molecular complexity index is 1160. The number of para-hydroxylation sites is 1. The molecule has 0 bridgehead atoms. The van der Waals surface area contributed by atoms with Gasteiger partial charge in [-0.15, -0.1) is 0 Å². The van der Waals surface area contributed by atoms with Crippen LogP contribution in [0.1, 0.15) is 22.7 Å². The number of carbonyl (C=O) groups is 1. The number of hydrogen-bond acceptors (Lipinski definition) is 3. The van der Waals surface area contributed by atoms with Gasteiger partial charge in [-0.3, -0.25) is 10.2 Å². The summed E-state index contributed by atoms with van der Waals surface area (Å²) in [6, 6.07) is 13.8. The van der Waals surface area contributed by atoms with E-state index in [0.29, 0.717) is 11.4 Å². The Morgan fingerprint density at radius 3 is 2.50 bits per heavy atom. The molecule has 10 heteroatoms. The number of rotatable bonds is 5. The zero-order valence-corrected chi connectivity index (χ0v) is 18.7. The minimum atomic E-state index is -4.37. The van der Waals surface area contributed by atoms with E-state index in [0.717, 1.165) is 16.9 Å². The number of anilines is 1. The Hall–Kier alpha value is -3.40. The summed E-state index contributed by atoms with van der Waals surface area (Å²) in [6.07, 6.45) is -4.37. The first kappa shape index (κ1) is 23.7. The van der Waals surface area contributed by atoms with E-state index in [1.165, 1.54) is 23.1 Å². The monoisotopic (exact) mass is 475 g/mol. The maximum absolute atomic E-state index is 13.8. The first-order valence-electron chi connectivity index (χ1n) is 10.8. The molecule has 2 heterocycles. The number of amides is 2. The fourth-order valence-electron chi connectivity index (χ4n) is 4.31. The zero-order valence-electron chi connectivity index (χ0n) is 18.7. The van der Waals surface area contributed by atoms with Crippen molar-refractivity contribution in [1.82, 2.24) is 20.0 Å². The fourth-order valence-corrected chi connectivity index (χ4v) is 4.31. The molecule has 1 saturated heterocycles. The van der Waals surface area contributed by atoms with Gasteiger partial charge in [0.05, 0.1) is 24.0 Å². The Morgan fingerprint density at radius 1 is 1.09 bits per heavy atom. The number of nitrogens with one attached hydrogen (secondary N) is 2. The molecule has 2 N–H and O–H groups in total. The lowest BCUT2D eigenvalue weighted by atomic mass is 9.94. The van der Waals surface area contributed by atoms with Gasteiger partial charge in [-0.2, -0.15) is 18.3 Å². The fraction of sp³-hybridized carbons (Fsp3) is 0.333. The molecule has 1 aliphatic rings. The van der Waals surface area contributed by atoms with E-state index in [2.05, 4.69) is 15.7 Å². The number of urea groups is 1. The molecular formula is C24H25F4N5O. The molecule has 34 heavy (non-hydrogen) atoms. The maximum Gasteiger partial charge on any atom is 0.401 e. The normalized spacial score (nSPS) is 18.8. The average Bonchev–Trinajstić information content (AvgIpc) is 3.28. The number of alkyl halides is 3. The number of aryl methyl sites for hydroxylation is 1. The standard InChI is InChI=1S/C24H25F4N5O/c1-15-16(2)31-33(19-9-4-3-5-10-19)22(15)30-23(34)29-21-13-32(14-24(26,27)28)12-20(21)17-7-6-8-18(25)11-17/h3-11,20-21H,12-14H2,1-2H3,(H2,29,30,34). The van der Waals surface area contributed by atoms with Gasteiger partial charge in [0.2, 0.25) is 0 Å². The van der Waals surface area contributed by atoms with Gasteiger partial charge in [-0.05, 0) is 43.7 Å². The number of carbonyl (C=O) groups excluding carboxylic acids is 1. The van der Waals surface area contributed by atoms with Crippen LogP contribution < -0.4 is 10.6 Å². The summed E-state index contributed by atoms with van der Waals surface area (Å²) in [7, 11) is 0. The van der Waals surface area contributed by atoms with Crippen molar-refractivity contribution in [2.75, 3.05) is 25.0 Å². The highest BCUT2D eigenvalue weighted by atomic mass is 19.4. The molecule has 6 nitrogen and oxygen atoms in total. The molecule has 4 rings (SSSR count). The first-order valence-corrected chi connectivity index (χ1v) is 10.8. The van der Waals surface area contributed by atoms with Crippen LogP contribution in [0.3, 0.4) is 0 Å². The molecule has 0 saturated carbocycles. The van der Waals surface area contributed by atoms with Crippen molar-refractivity contribution in [1.29, 1.82) is 0 Å². The second-order valence-electron chi connectivity index (χ2n) is 8.48. The van der Waals surface area contributed by atoms with Crippen LogP contribution in [0.5, 0.6) is 0 Å². The van der Waals surface area contributed by atoms with Crippen molar-refractivity contribution in [3.8, 4) is 5.69 Å². The second-order valence-corrected chi connectivity index (χ2v) is 8.48. The summed E-state index contributed by atoms with van der Waals surface area (Å²) in [5.41, 5.74) is 2.79. The molecule has 0 aliphatic carbocycles. The maximum atomic E-state index is 13.8. The van der Waals surface area contributed by atoms with E-state index >= 15 is 0 Å². The smallest absolute Gasteiger partial charge is 0.333 e. The van der Waals surface area contributed by atoms with Crippen molar-refractivity contribution in [3.05, 3.63) is 77.2 Å². The topological polar surface area (TPSA) is 62.2 Å². The van der Waals surface area contributed by atoms with E-state index in [1.54, 1.807) is 10.7 Å². The van der Waals surface area contributed by atoms with Crippen LogP contribution in [-0.2, 0) is 0 Å². The summed E-state index contributed by atoms with van der Waals surface area (Å²) in [5.74, 6) is -0.507. The summed E-state index contributed by atoms with van der Waals surface area (Å²) < 4.78 is 54.5. The van der Waals surface area contributed by atoms with E-state index in [9.17, 15) is 22.4 Å². The molecule has 180 valence electrons. The first-order chi connectivity index (χ1) is 16.1. The molecule has 2 atom stereocenters. The highest BCUT2D eigenvalue weighted by Crippen LogP contribution is 2.31. The molecule has 3 aromatic rings. The Balaban J connectivity index is 1.55. The lowest BCUT2D eigenvalue weighted by Gasteiger charge is -2.21. The van der Waals surface area contributed by atoms with Gasteiger partial charge < -0.3 is 5.32 Å². The van der Waals surface area contributed by atoms with Crippen molar-refractivity contribution in [3.63, 3.8) is 0 Å². The lowest BCUT2D eigenvalue weighted by molar-refractivity contribution is -0.143. The summed E-state index contributed by atoms with van der Waals surface area (Å²) in [5, 5.41) is 10.1. The van der Waals surface area contributed by atoms with E-state index in [4.69, 9.17) is 0 Å². The number of benzene rings is 2. The highest BCUT2D eigenvalue weighted by Gasteiger charge is 2.40. The molecular weight excluding hydrogens is 450 g/mol. The average molecular weight is 475 g/mol. The van der Waals surface area contributed by atoms with Gasteiger partial charge in [0.1, 0.15) is 11.6 Å². The van der Waals surface area contributed by atoms with Crippen LogP contribution >= 0.6 is 0 Å². The van der Waals surface area contributed by atoms with Crippen LogP contribution in [0.2, 0.25) is 0 Å². The van der Waals surface area contributed by atoms with Crippen molar-refractivity contribution < 1.29 is 22.4 Å². The number of halogens is 4. The summed E-state index contributed by atoms with van der Waals surface area (Å²) in [6.45, 7) is 2.59. The van der Waals surface area contributed by atoms with Crippen LogP contribution in [0.4, 0.5) is 28.2 Å². The third-order valence-corrected chi connectivity index (χ3v) is 5.98. The minimum absolute atomic E-state index is 0.00985. The van der Waals surface area contributed by atoms with Crippen LogP contribution in [0, 0.1) is 19.7 Å². The number of hydrogen-bond donors (Lipinski definition) is 2. The molecule has 1 aromatic heterocycles. The number of aromatic nitrogens is 2. The van der Waals surface area contributed by atoms with E-state index in [1.807, 2.05) is 44.2 Å². The van der Waals surface area contributed by atoms with Gasteiger partial charge in [-0.25, -0.2) is 13.9 Å². The van der Waals surface area contributed by atoms with Crippen LogP contribution in [-0.4, -0.2) is 52.6 Å².